The maximum Gasteiger partial charge on any atom is 0.225 e. The fraction of sp³-hybridized carbons (Fsp3) is 0.536. The van der Waals surface area contributed by atoms with Crippen LogP contribution in [-0.2, 0) is 4.79 Å². The first-order valence-corrected chi connectivity index (χ1v) is 12.8. The number of aliphatic hydroxyl groups excluding tert-OH is 2. The van der Waals surface area contributed by atoms with Crippen molar-refractivity contribution < 1.29 is 19.7 Å². The van der Waals surface area contributed by atoms with Crippen molar-refractivity contribution in [3.63, 3.8) is 0 Å². The average molecular weight is 482 g/mol. The third-order valence-electron chi connectivity index (χ3n) is 7.21. The molecule has 4 rings (SSSR count). The molecule has 2 fully saturated rings. The van der Waals surface area contributed by atoms with Crippen molar-refractivity contribution in [2.45, 2.75) is 51.7 Å². The van der Waals surface area contributed by atoms with Gasteiger partial charge in [-0.1, -0.05) is 24.3 Å². The van der Waals surface area contributed by atoms with Crippen LogP contribution in [0.15, 0.2) is 36.4 Å². The summed E-state index contributed by atoms with van der Waals surface area (Å²) in [5.74, 6) is 0.872. The Morgan fingerprint density at radius 1 is 0.943 bits per heavy atom. The van der Waals surface area contributed by atoms with E-state index >= 15 is 0 Å². The van der Waals surface area contributed by atoms with Crippen LogP contribution in [0.5, 0.6) is 5.75 Å². The Labute approximate surface area is 208 Å². The number of ether oxygens (including phenoxy) is 1. The van der Waals surface area contributed by atoms with Crippen molar-refractivity contribution in [1.29, 1.82) is 0 Å². The lowest BCUT2D eigenvalue weighted by molar-refractivity contribution is -0.116. The molecule has 2 aromatic rings. The number of β-amino-alcohol motifs (C(OH)–C–C–N with tert-alkyl or cyclic N) is 2. The fourth-order valence-electron chi connectivity index (χ4n) is 5.10. The summed E-state index contributed by atoms with van der Waals surface area (Å²) in [5, 5.41) is 22.4. The topological polar surface area (TPSA) is 85.3 Å². The standard InChI is InChI=1S/C28H39N3O4/c1-20-24(6-3-8-26(20)29-28(34)12-16-31-15-11-23(33)19-31)25-7-4-9-27(21(25)2)35-17-5-13-30-14-10-22(32)18-30/h3-4,6-9,22-23,32-33H,5,10-19H2,1-2H3,(H,29,34)/t22-,23-/m1/s1. The number of amides is 1. The minimum Gasteiger partial charge on any atom is -0.493 e. The molecular weight excluding hydrogens is 442 g/mol. The number of aliphatic hydroxyl groups is 2. The first-order valence-electron chi connectivity index (χ1n) is 12.8. The molecule has 2 saturated heterocycles. The van der Waals surface area contributed by atoms with Crippen molar-refractivity contribution >= 4 is 11.6 Å². The molecule has 35 heavy (non-hydrogen) atoms. The Morgan fingerprint density at radius 3 is 2.23 bits per heavy atom. The molecule has 2 atom stereocenters. The summed E-state index contributed by atoms with van der Waals surface area (Å²) in [7, 11) is 0. The van der Waals surface area contributed by atoms with E-state index in [0.717, 1.165) is 79.1 Å². The fourth-order valence-corrected chi connectivity index (χ4v) is 5.10. The van der Waals surface area contributed by atoms with E-state index in [4.69, 9.17) is 4.74 Å². The van der Waals surface area contributed by atoms with Crippen LogP contribution in [0.4, 0.5) is 5.69 Å². The quantitative estimate of drug-likeness (QED) is 0.452. The summed E-state index contributed by atoms with van der Waals surface area (Å²) in [6.45, 7) is 9.59. The van der Waals surface area contributed by atoms with E-state index in [-0.39, 0.29) is 18.1 Å². The monoisotopic (exact) mass is 481 g/mol. The molecule has 0 bridgehead atoms. The Bertz CT molecular complexity index is 1010. The zero-order valence-corrected chi connectivity index (χ0v) is 21.0. The number of hydrogen-bond acceptors (Lipinski definition) is 6. The van der Waals surface area contributed by atoms with Gasteiger partial charge in [0.15, 0.2) is 0 Å². The summed E-state index contributed by atoms with van der Waals surface area (Å²) >= 11 is 0. The second kappa shape index (κ2) is 12.0. The predicted octanol–water partition coefficient (Wildman–Crippen LogP) is 3.20. The highest BCUT2D eigenvalue weighted by atomic mass is 16.5. The Morgan fingerprint density at radius 2 is 1.57 bits per heavy atom. The van der Waals surface area contributed by atoms with Gasteiger partial charge in [0.1, 0.15) is 5.75 Å². The highest BCUT2D eigenvalue weighted by Crippen LogP contribution is 2.34. The van der Waals surface area contributed by atoms with E-state index in [1.54, 1.807) is 0 Å². The number of carbonyl (C=O) groups is 1. The van der Waals surface area contributed by atoms with Crippen LogP contribution >= 0.6 is 0 Å². The van der Waals surface area contributed by atoms with Gasteiger partial charge in [0.05, 0.1) is 18.8 Å². The zero-order valence-electron chi connectivity index (χ0n) is 21.0. The molecule has 2 aliphatic heterocycles. The number of nitrogens with one attached hydrogen (secondary N) is 1. The Balaban J connectivity index is 1.35. The smallest absolute Gasteiger partial charge is 0.225 e. The largest absolute Gasteiger partial charge is 0.493 e. The van der Waals surface area contributed by atoms with E-state index in [0.29, 0.717) is 26.1 Å². The number of anilines is 1. The number of benzene rings is 2. The van der Waals surface area contributed by atoms with E-state index in [1.165, 1.54) is 0 Å². The second-order valence-electron chi connectivity index (χ2n) is 9.89. The predicted molar refractivity (Wildman–Crippen MR) is 139 cm³/mol. The lowest BCUT2D eigenvalue weighted by Gasteiger charge is -2.18. The molecular formula is C28H39N3O4. The van der Waals surface area contributed by atoms with Gasteiger partial charge in [-0.25, -0.2) is 0 Å². The molecule has 2 heterocycles. The van der Waals surface area contributed by atoms with Crippen LogP contribution < -0.4 is 10.1 Å². The highest BCUT2D eigenvalue weighted by Gasteiger charge is 2.21. The van der Waals surface area contributed by atoms with Gasteiger partial charge in [0, 0.05) is 51.4 Å². The maximum atomic E-state index is 12.6. The average Bonchev–Trinajstić information content (AvgIpc) is 3.45. The Kier molecular flexibility index (Phi) is 8.78. The van der Waals surface area contributed by atoms with Crippen LogP contribution in [0.2, 0.25) is 0 Å². The molecule has 0 spiro atoms. The lowest BCUT2D eigenvalue weighted by Crippen LogP contribution is -2.26. The van der Waals surface area contributed by atoms with Gasteiger partial charge in [0.2, 0.25) is 5.91 Å². The molecule has 7 heteroatoms. The minimum absolute atomic E-state index is 0.00836. The van der Waals surface area contributed by atoms with Crippen molar-refractivity contribution in [3.8, 4) is 16.9 Å². The summed E-state index contributed by atoms with van der Waals surface area (Å²) in [5.41, 5.74) is 5.13. The first kappa shape index (κ1) is 25.6. The third-order valence-corrected chi connectivity index (χ3v) is 7.21. The highest BCUT2D eigenvalue weighted by molar-refractivity contribution is 5.93. The van der Waals surface area contributed by atoms with E-state index in [1.807, 2.05) is 31.2 Å². The molecule has 2 aliphatic rings. The van der Waals surface area contributed by atoms with Crippen LogP contribution in [0.1, 0.15) is 36.8 Å². The SMILES string of the molecule is Cc1c(NC(=O)CCN2CC[C@@H](O)C2)cccc1-c1cccc(OCCCN2CC[C@@H](O)C2)c1C. The van der Waals surface area contributed by atoms with Crippen LogP contribution in [-0.4, -0.2) is 84.0 Å². The number of rotatable bonds is 10. The van der Waals surface area contributed by atoms with Gasteiger partial charge in [-0.3, -0.25) is 4.79 Å². The van der Waals surface area contributed by atoms with Crippen molar-refractivity contribution in [1.82, 2.24) is 9.80 Å². The van der Waals surface area contributed by atoms with Gasteiger partial charge in [-0.05, 0) is 67.5 Å². The Hall–Kier alpha value is -2.45. The molecule has 0 aromatic heterocycles. The molecule has 0 aliphatic carbocycles. The van der Waals surface area contributed by atoms with Crippen molar-refractivity contribution in [2.75, 3.05) is 51.2 Å². The van der Waals surface area contributed by atoms with Crippen LogP contribution in [0.25, 0.3) is 11.1 Å². The number of nitrogens with zero attached hydrogens (tertiary/aromatic N) is 2. The van der Waals surface area contributed by atoms with Gasteiger partial charge < -0.3 is 30.1 Å². The minimum atomic E-state index is -0.265. The maximum absolute atomic E-state index is 12.6. The third kappa shape index (κ3) is 6.82. The molecule has 7 nitrogen and oxygen atoms in total. The summed E-state index contributed by atoms with van der Waals surface area (Å²) < 4.78 is 6.13. The number of likely N-dealkylation sites (tertiary alicyclic amines) is 2. The first-order chi connectivity index (χ1) is 16.9. The van der Waals surface area contributed by atoms with E-state index in [2.05, 4.69) is 34.2 Å². The van der Waals surface area contributed by atoms with E-state index < -0.39 is 0 Å². The molecule has 2 aromatic carbocycles. The molecule has 1 amide bonds. The van der Waals surface area contributed by atoms with E-state index in [9.17, 15) is 15.0 Å². The molecule has 190 valence electrons. The van der Waals surface area contributed by atoms with Gasteiger partial charge >= 0.3 is 0 Å². The second-order valence-corrected chi connectivity index (χ2v) is 9.89. The zero-order chi connectivity index (χ0) is 24.8. The normalized spacial score (nSPS) is 20.9. The lowest BCUT2D eigenvalue weighted by atomic mass is 9.95. The molecule has 0 unspecified atom stereocenters. The summed E-state index contributed by atoms with van der Waals surface area (Å²) in [6, 6.07) is 12.1. The molecule has 3 N–H and O–H groups in total. The van der Waals surface area contributed by atoms with Crippen molar-refractivity contribution in [2.24, 2.45) is 0 Å². The van der Waals surface area contributed by atoms with Gasteiger partial charge in [-0.15, -0.1) is 0 Å². The number of hydrogen-bond donors (Lipinski definition) is 3. The molecule has 0 saturated carbocycles. The van der Waals surface area contributed by atoms with Gasteiger partial charge in [-0.2, -0.15) is 0 Å². The summed E-state index contributed by atoms with van der Waals surface area (Å²) in [4.78, 5) is 17.0. The van der Waals surface area contributed by atoms with Crippen molar-refractivity contribution in [3.05, 3.63) is 47.5 Å². The molecule has 0 radical (unpaired) electrons. The summed E-state index contributed by atoms with van der Waals surface area (Å²) in [6.07, 6.45) is 2.54. The van der Waals surface area contributed by atoms with Crippen LogP contribution in [0, 0.1) is 13.8 Å². The van der Waals surface area contributed by atoms with Crippen LogP contribution in [0.3, 0.4) is 0 Å². The number of carbonyl (C=O) groups excluding carboxylic acids is 1. The van der Waals surface area contributed by atoms with Gasteiger partial charge in [0.25, 0.3) is 0 Å².